The van der Waals surface area contributed by atoms with Crippen molar-refractivity contribution in [2.75, 3.05) is 13.1 Å². The Hall–Kier alpha value is -0.0800. The van der Waals surface area contributed by atoms with Crippen molar-refractivity contribution in [2.45, 2.75) is 47.1 Å². The fourth-order valence-corrected chi connectivity index (χ4v) is 1.17. The molecule has 0 aliphatic heterocycles. The maximum Gasteiger partial charge on any atom is 0.00739 e. The number of rotatable bonds is 7. The van der Waals surface area contributed by atoms with Gasteiger partial charge in [0.25, 0.3) is 0 Å². The lowest BCUT2D eigenvalue weighted by atomic mass is 9.98. The van der Waals surface area contributed by atoms with Gasteiger partial charge in [-0.25, -0.2) is 0 Å². The molecule has 0 saturated heterocycles. The van der Waals surface area contributed by atoms with E-state index >= 15 is 0 Å². The van der Waals surface area contributed by atoms with Gasteiger partial charge in [0, 0.05) is 6.04 Å². The smallest absolute Gasteiger partial charge is 0.00739 e. The molecular formula is C12H28N2. The Bertz CT molecular complexity index is 116. The van der Waals surface area contributed by atoms with Gasteiger partial charge < -0.3 is 11.1 Å². The zero-order valence-electron chi connectivity index (χ0n) is 10.5. The van der Waals surface area contributed by atoms with E-state index in [4.69, 9.17) is 5.73 Å². The summed E-state index contributed by atoms with van der Waals surface area (Å²) in [6.45, 7) is 13.4. The van der Waals surface area contributed by atoms with E-state index in [1.807, 2.05) is 0 Å². The predicted octanol–water partition coefficient (Wildman–Crippen LogP) is 2.24. The highest BCUT2D eigenvalue weighted by Gasteiger charge is 2.08. The average Bonchev–Trinajstić information content (AvgIpc) is 2.11. The normalized spacial score (nSPS) is 16.3. The van der Waals surface area contributed by atoms with Crippen LogP contribution in [0.25, 0.3) is 0 Å². The van der Waals surface area contributed by atoms with Crippen molar-refractivity contribution in [1.29, 1.82) is 0 Å². The minimum atomic E-state index is 0.344. The first-order chi connectivity index (χ1) is 6.45. The fraction of sp³-hybridized carbons (Fsp3) is 1.00. The molecule has 0 aromatic carbocycles. The lowest BCUT2D eigenvalue weighted by Gasteiger charge is -2.18. The van der Waals surface area contributed by atoms with Crippen molar-refractivity contribution < 1.29 is 0 Å². The number of nitrogens with two attached hydrogens (primary N) is 1. The van der Waals surface area contributed by atoms with Gasteiger partial charge in [0.2, 0.25) is 0 Å². The molecule has 0 aromatic heterocycles. The largest absolute Gasteiger partial charge is 0.327 e. The Balaban J connectivity index is 3.38. The van der Waals surface area contributed by atoms with Crippen molar-refractivity contribution in [3.63, 3.8) is 0 Å². The van der Waals surface area contributed by atoms with Crippen LogP contribution in [0.2, 0.25) is 0 Å². The zero-order chi connectivity index (χ0) is 11.1. The van der Waals surface area contributed by atoms with Crippen molar-refractivity contribution in [1.82, 2.24) is 5.32 Å². The van der Waals surface area contributed by atoms with Crippen LogP contribution in [0.1, 0.15) is 41.0 Å². The van der Waals surface area contributed by atoms with Gasteiger partial charge in [-0.05, 0) is 37.3 Å². The van der Waals surface area contributed by atoms with Gasteiger partial charge in [-0.2, -0.15) is 0 Å². The fourth-order valence-electron chi connectivity index (χ4n) is 1.17. The SMILES string of the molecule is CC(C)C(C)CNCCC(N)C(C)C. The van der Waals surface area contributed by atoms with Crippen molar-refractivity contribution in [3.05, 3.63) is 0 Å². The topological polar surface area (TPSA) is 38.0 Å². The van der Waals surface area contributed by atoms with E-state index < -0.39 is 0 Å². The van der Waals surface area contributed by atoms with Crippen LogP contribution in [0, 0.1) is 17.8 Å². The Labute approximate surface area is 89.6 Å². The molecule has 86 valence electrons. The average molecular weight is 200 g/mol. The van der Waals surface area contributed by atoms with E-state index in [0.717, 1.165) is 31.3 Å². The summed E-state index contributed by atoms with van der Waals surface area (Å²) in [7, 11) is 0. The Morgan fingerprint density at radius 3 is 2.00 bits per heavy atom. The molecule has 14 heavy (non-hydrogen) atoms. The highest BCUT2D eigenvalue weighted by molar-refractivity contribution is 4.67. The third-order valence-electron chi connectivity index (χ3n) is 3.12. The van der Waals surface area contributed by atoms with E-state index in [9.17, 15) is 0 Å². The molecule has 0 aliphatic rings. The summed E-state index contributed by atoms with van der Waals surface area (Å²) in [5, 5.41) is 3.47. The summed E-state index contributed by atoms with van der Waals surface area (Å²) in [5.41, 5.74) is 5.95. The predicted molar refractivity (Wildman–Crippen MR) is 64.3 cm³/mol. The molecule has 2 heteroatoms. The van der Waals surface area contributed by atoms with Gasteiger partial charge in [0.05, 0.1) is 0 Å². The van der Waals surface area contributed by atoms with Crippen molar-refractivity contribution >= 4 is 0 Å². The molecule has 0 bridgehead atoms. The van der Waals surface area contributed by atoms with Gasteiger partial charge in [-0.15, -0.1) is 0 Å². The summed E-state index contributed by atoms with van der Waals surface area (Å²) < 4.78 is 0. The molecule has 0 fully saturated rings. The standard InChI is InChI=1S/C12H28N2/c1-9(2)11(5)8-14-7-6-12(13)10(3)4/h9-12,14H,6-8,13H2,1-5H3. The monoisotopic (exact) mass is 200 g/mol. The highest BCUT2D eigenvalue weighted by atomic mass is 14.9. The van der Waals surface area contributed by atoms with Gasteiger partial charge in [0.15, 0.2) is 0 Å². The van der Waals surface area contributed by atoms with Gasteiger partial charge >= 0.3 is 0 Å². The molecule has 0 aliphatic carbocycles. The second-order valence-electron chi connectivity index (χ2n) is 5.12. The Morgan fingerprint density at radius 1 is 1.00 bits per heavy atom. The molecule has 0 spiro atoms. The Kier molecular flexibility index (Phi) is 7.20. The molecule has 0 rings (SSSR count). The van der Waals surface area contributed by atoms with Crippen LogP contribution < -0.4 is 11.1 Å². The molecule has 3 N–H and O–H groups in total. The van der Waals surface area contributed by atoms with Crippen molar-refractivity contribution in [2.24, 2.45) is 23.5 Å². The molecular weight excluding hydrogens is 172 g/mol. The van der Waals surface area contributed by atoms with Crippen LogP contribution in [0.3, 0.4) is 0 Å². The highest BCUT2D eigenvalue weighted by Crippen LogP contribution is 2.07. The first-order valence-electron chi connectivity index (χ1n) is 5.91. The maximum absolute atomic E-state index is 5.95. The molecule has 0 heterocycles. The minimum absolute atomic E-state index is 0.344. The van der Waals surface area contributed by atoms with Crippen LogP contribution in [-0.4, -0.2) is 19.1 Å². The number of nitrogens with one attached hydrogen (secondary N) is 1. The van der Waals surface area contributed by atoms with E-state index in [-0.39, 0.29) is 0 Å². The summed E-state index contributed by atoms with van der Waals surface area (Å²) in [5.74, 6) is 2.12. The van der Waals surface area contributed by atoms with Crippen LogP contribution in [-0.2, 0) is 0 Å². The summed E-state index contributed by atoms with van der Waals surface area (Å²) in [6, 6.07) is 0.344. The number of hydrogen-bond donors (Lipinski definition) is 2. The summed E-state index contributed by atoms with van der Waals surface area (Å²) in [6.07, 6.45) is 1.09. The summed E-state index contributed by atoms with van der Waals surface area (Å²) >= 11 is 0. The van der Waals surface area contributed by atoms with Crippen LogP contribution in [0.4, 0.5) is 0 Å². The quantitative estimate of drug-likeness (QED) is 0.619. The zero-order valence-corrected chi connectivity index (χ0v) is 10.5. The number of hydrogen-bond acceptors (Lipinski definition) is 2. The van der Waals surface area contributed by atoms with E-state index in [1.54, 1.807) is 0 Å². The molecule has 0 aromatic rings. The third-order valence-corrected chi connectivity index (χ3v) is 3.12. The summed E-state index contributed by atoms with van der Waals surface area (Å²) in [4.78, 5) is 0. The van der Waals surface area contributed by atoms with Gasteiger partial charge in [0.1, 0.15) is 0 Å². The van der Waals surface area contributed by atoms with E-state index in [2.05, 4.69) is 39.9 Å². The molecule has 0 radical (unpaired) electrons. The molecule has 2 nitrogen and oxygen atoms in total. The van der Waals surface area contributed by atoms with Gasteiger partial charge in [-0.1, -0.05) is 34.6 Å². The molecule has 2 atom stereocenters. The minimum Gasteiger partial charge on any atom is -0.327 e. The molecule has 0 amide bonds. The lowest BCUT2D eigenvalue weighted by Crippen LogP contribution is -2.33. The van der Waals surface area contributed by atoms with Crippen LogP contribution in [0.5, 0.6) is 0 Å². The lowest BCUT2D eigenvalue weighted by molar-refractivity contribution is 0.379. The second-order valence-corrected chi connectivity index (χ2v) is 5.12. The van der Waals surface area contributed by atoms with Gasteiger partial charge in [-0.3, -0.25) is 0 Å². The van der Waals surface area contributed by atoms with E-state index in [0.29, 0.717) is 12.0 Å². The molecule has 2 unspecified atom stereocenters. The maximum atomic E-state index is 5.95. The molecule has 0 saturated carbocycles. The third kappa shape index (κ3) is 6.39. The Morgan fingerprint density at radius 2 is 1.57 bits per heavy atom. The first-order valence-corrected chi connectivity index (χ1v) is 5.91. The van der Waals surface area contributed by atoms with Crippen LogP contribution in [0.15, 0.2) is 0 Å². The van der Waals surface area contributed by atoms with Crippen LogP contribution >= 0.6 is 0 Å². The first kappa shape index (κ1) is 13.9. The van der Waals surface area contributed by atoms with Crippen molar-refractivity contribution in [3.8, 4) is 0 Å². The second kappa shape index (κ2) is 7.24. The van der Waals surface area contributed by atoms with E-state index in [1.165, 1.54) is 0 Å².